The van der Waals surface area contributed by atoms with Gasteiger partial charge in [-0.15, -0.1) is 0 Å². The number of hydrogen-bond donors (Lipinski definition) is 1. The summed E-state index contributed by atoms with van der Waals surface area (Å²) >= 11 is 0. The van der Waals surface area contributed by atoms with Crippen molar-refractivity contribution in [2.75, 3.05) is 25.0 Å². The number of nitrogens with one attached hydrogen (secondary N) is 1. The SMILES string of the molecule is CC(=O)N(CC(=O)Nc1cccc(F)c1)CC1CCCO1. The second kappa shape index (κ2) is 7.17. The maximum absolute atomic E-state index is 13.0. The van der Waals surface area contributed by atoms with Gasteiger partial charge in [0.15, 0.2) is 0 Å². The first kappa shape index (κ1) is 15.4. The zero-order valence-electron chi connectivity index (χ0n) is 12.0. The standard InChI is InChI=1S/C15H19FN2O3/c1-11(19)18(9-14-6-3-7-21-14)10-15(20)17-13-5-2-4-12(16)8-13/h2,4-5,8,14H,3,6-7,9-10H2,1H3,(H,17,20). The van der Waals surface area contributed by atoms with E-state index in [1.807, 2.05) is 0 Å². The average molecular weight is 294 g/mol. The lowest BCUT2D eigenvalue weighted by atomic mass is 10.2. The summed E-state index contributed by atoms with van der Waals surface area (Å²) in [6.45, 7) is 2.47. The van der Waals surface area contributed by atoms with Gasteiger partial charge in [0.1, 0.15) is 5.82 Å². The Bertz CT molecular complexity index is 515. The molecule has 0 aliphatic carbocycles. The summed E-state index contributed by atoms with van der Waals surface area (Å²) in [4.78, 5) is 25.0. The highest BCUT2D eigenvalue weighted by molar-refractivity contribution is 5.94. The summed E-state index contributed by atoms with van der Waals surface area (Å²) in [5.74, 6) is -0.954. The molecular formula is C15H19FN2O3. The molecule has 1 fully saturated rings. The van der Waals surface area contributed by atoms with Crippen molar-refractivity contribution in [1.82, 2.24) is 4.90 Å². The van der Waals surface area contributed by atoms with Gasteiger partial charge in [0.05, 0.1) is 12.6 Å². The smallest absolute Gasteiger partial charge is 0.243 e. The van der Waals surface area contributed by atoms with Crippen LogP contribution in [-0.4, -0.2) is 42.5 Å². The molecule has 5 nitrogen and oxygen atoms in total. The van der Waals surface area contributed by atoms with Crippen molar-refractivity contribution in [3.8, 4) is 0 Å². The minimum atomic E-state index is -0.421. The van der Waals surface area contributed by atoms with Crippen molar-refractivity contribution in [2.45, 2.75) is 25.9 Å². The van der Waals surface area contributed by atoms with Crippen molar-refractivity contribution in [2.24, 2.45) is 0 Å². The van der Waals surface area contributed by atoms with E-state index in [-0.39, 0.29) is 24.5 Å². The number of rotatable bonds is 5. The summed E-state index contributed by atoms with van der Waals surface area (Å²) in [5.41, 5.74) is 0.376. The first-order chi connectivity index (χ1) is 10.0. The summed E-state index contributed by atoms with van der Waals surface area (Å²) in [5, 5.41) is 2.58. The van der Waals surface area contributed by atoms with E-state index < -0.39 is 5.82 Å². The van der Waals surface area contributed by atoms with Gasteiger partial charge in [-0.25, -0.2) is 4.39 Å². The van der Waals surface area contributed by atoms with Gasteiger partial charge in [-0.05, 0) is 31.0 Å². The maximum atomic E-state index is 13.0. The molecule has 2 amide bonds. The lowest BCUT2D eigenvalue weighted by Crippen LogP contribution is -2.41. The molecule has 1 aromatic rings. The fraction of sp³-hybridized carbons (Fsp3) is 0.467. The number of hydrogen-bond acceptors (Lipinski definition) is 3. The first-order valence-electron chi connectivity index (χ1n) is 6.97. The molecule has 1 aliphatic heterocycles. The van der Waals surface area contributed by atoms with Gasteiger partial charge in [-0.2, -0.15) is 0 Å². The molecule has 21 heavy (non-hydrogen) atoms. The second-order valence-corrected chi connectivity index (χ2v) is 5.09. The molecule has 1 saturated heterocycles. The highest BCUT2D eigenvalue weighted by Crippen LogP contribution is 2.14. The second-order valence-electron chi connectivity index (χ2n) is 5.09. The number of carbonyl (C=O) groups is 2. The molecule has 1 N–H and O–H groups in total. The van der Waals surface area contributed by atoms with Crippen LogP contribution in [0.15, 0.2) is 24.3 Å². The Hall–Kier alpha value is -1.95. The van der Waals surface area contributed by atoms with Crippen LogP contribution in [0, 0.1) is 5.82 Å². The van der Waals surface area contributed by atoms with Crippen LogP contribution in [0.25, 0.3) is 0 Å². The molecule has 1 atom stereocenters. The molecule has 2 rings (SSSR count). The highest BCUT2D eigenvalue weighted by atomic mass is 19.1. The molecule has 6 heteroatoms. The number of benzene rings is 1. The molecule has 0 aromatic heterocycles. The van der Waals surface area contributed by atoms with E-state index in [1.54, 1.807) is 6.07 Å². The first-order valence-corrected chi connectivity index (χ1v) is 6.97. The lowest BCUT2D eigenvalue weighted by Gasteiger charge is -2.23. The maximum Gasteiger partial charge on any atom is 0.243 e. The number of anilines is 1. The quantitative estimate of drug-likeness (QED) is 0.900. The van der Waals surface area contributed by atoms with Crippen molar-refractivity contribution in [3.05, 3.63) is 30.1 Å². The molecule has 0 radical (unpaired) electrons. The predicted octanol–water partition coefficient (Wildman–Crippen LogP) is 1.79. The summed E-state index contributed by atoms with van der Waals surface area (Å²) in [6, 6.07) is 5.64. The van der Waals surface area contributed by atoms with Crippen LogP contribution in [0.4, 0.5) is 10.1 Å². The normalized spacial score (nSPS) is 17.5. The Morgan fingerprint density at radius 3 is 2.90 bits per heavy atom. The predicted molar refractivity (Wildman–Crippen MR) is 76.3 cm³/mol. The zero-order chi connectivity index (χ0) is 15.2. The summed E-state index contributed by atoms with van der Waals surface area (Å²) < 4.78 is 18.5. The molecule has 0 saturated carbocycles. The third-order valence-corrected chi connectivity index (χ3v) is 3.34. The largest absolute Gasteiger partial charge is 0.376 e. The van der Waals surface area contributed by atoms with Crippen LogP contribution in [0.5, 0.6) is 0 Å². The van der Waals surface area contributed by atoms with Gasteiger partial charge in [0.25, 0.3) is 0 Å². The Kier molecular flexibility index (Phi) is 5.27. The molecule has 114 valence electrons. The minimum absolute atomic E-state index is 0.00382. The minimum Gasteiger partial charge on any atom is -0.376 e. The highest BCUT2D eigenvalue weighted by Gasteiger charge is 2.22. The third kappa shape index (κ3) is 4.82. The van der Waals surface area contributed by atoms with E-state index in [0.717, 1.165) is 12.8 Å². The van der Waals surface area contributed by atoms with E-state index in [9.17, 15) is 14.0 Å². The van der Waals surface area contributed by atoms with Crippen LogP contribution in [0.1, 0.15) is 19.8 Å². The van der Waals surface area contributed by atoms with E-state index in [2.05, 4.69) is 5.32 Å². The molecule has 1 unspecified atom stereocenters. The number of ether oxygens (including phenoxy) is 1. The van der Waals surface area contributed by atoms with Crippen molar-refractivity contribution in [1.29, 1.82) is 0 Å². The topological polar surface area (TPSA) is 58.6 Å². The summed E-state index contributed by atoms with van der Waals surface area (Å²) in [6.07, 6.45) is 1.87. The van der Waals surface area contributed by atoms with Crippen LogP contribution in [-0.2, 0) is 14.3 Å². The van der Waals surface area contributed by atoms with Gasteiger partial charge in [0, 0.05) is 25.8 Å². The van der Waals surface area contributed by atoms with Gasteiger partial charge in [-0.3, -0.25) is 9.59 Å². The Labute approximate surface area is 123 Å². The number of halogens is 1. The van der Waals surface area contributed by atoms with Crippen LogP contribution >= 0.6 is 0 Å². The number of carbonyl (C=O) groups excluding carboxylic acids is 2. The van der Waals surface area contributed by atoms with Gasteiger partial charge in [0.2, 0.25) is 11.8 Å². The Balaban J connectivity index is 1.90. The van der Waals surface area contributed by atoms with Crippen LogP contribution in [0.2, 0.25) is 0 Å². The Morgan fingerprint density at radius 1 is 1.48 bits per heavy atom. The molecule has 0 spiro atoms. The van der Waals surface area contributed by atoms with E-state index in [1.165, 1.54) is 30.0 Å². The van der Waals surface area contributed by atoms with E-state index >= 15 is 0 Å². The number of amides is 2. The Morgan fingerprint density at radius 2 is 2.29 bits per heavy atom. The lowest BCUT2D eigenvalue weighted by molar-refractivity contribution is -0.134. The van der Waals surface area contributed by atoms with Gasteiger partial charge in [-0.1, -0.05) is 6.07 Å². The molecule has 1 heterocycles. The van der Waals surface area contributed by atoms with Crippen LogP contribution < -0.4 is 5.32 Å². The van der Waals surface area contributed by atoms with Crippen LogP contribution in [0.3, 0.4) is 0 Å². The van der Waals surface area contributed by atoms with Crippen molar-refractivity contribution in [3.63, 3.8) is 0 Å². The average Bonchev–Trinajstić information content (AvgIpc) is 2.90. The number of nitrogens with zero attached hydrogens (tertiary/aromatic N) is 1. The molecule has 1 aromatic carbocycles. The third-order valence-electron chi connectivity index (χ3n) is 3.34. The van der Waals surface area contributed by atoms with Gasteiger partial charge < -0.3 is 15.0 Å². The van der Waals surface area contributed by atoms with E-state index in [0.29, 0.717) is 18.8 Å². The fourth-order valence-electron chi connectivity index (χ4n) is 2.28. The van der Waals surface area contributed by atoms with Crippen molar-refractivity contribution < 1.29 is 18.7 Å². The van der Waals surface area contributed by atoms with Gasteiger partial charge >= 0.3 is 0 Å². The molecule has 0 bridgehead atoms. The van der Waals surface area contributed by atoms with E-state index in [4.69, 9.17) is 4.74 Å². The molecular weight excluding hydrogens is 275 g/mol. The molecule has 1 aliphatic rings. The zero-order valence-corrected chi connectivity index (χ0v) is 12.0. The summed E-state index contributed by atoms with van der Waals surface area (Å²) in [7, 11) is 0. The van der Waals surface area contributed by atoms with Crippen molar-refractivity contribution >= 4 is 17.5 Å². The monoisotopic (exact) mass is 294 g/mol. The fourth-order valence-corrected chi connectivity index (χ4v) is 2.28.